The van der Waals surface area contributed by atoms with Crippen molar-refractivity contribution in [3.63, 3.8) is 0 Å². The van der Waals surface area contributed by atoms with E-state index >= 15 is 0 Å². The van der Waals surface area contributed by atoms with E-state index in [9.17, 15) is 14.4 Å². The maximum Gasteiger partial charge on any atom is 0.221 e. The molecule has 0 atom stereocenters. The highest BCUT2D eigenvalue weighted by Crippen LogP contribution is 2.06. The van der Waals surface area contributed by atoms with Gasteiger partial charge in [-0.05, 0) is 43.7 Å². The maximum absolute atomic E-state index is 11.3. The number of hydrogen-bond acceptors (Lipinski definition) is 5. The number of hydrogen-bond donors (Lipinski definition) is 2. The molecule has 162 valence electrons. The number of carbonyl (C=O) groups is 3. The molecule has 0 aliphatic carbocycles. The van der Waals surface area contributed by atoms with Crippen LogP contribution in [0.15, 0.2) is 0 Å². The van der Waals surface area contributed by atoms with Gasteiger partial charge in [-0.15, -0.1) is 0 Å². The molecule has 9 heteroatoms. The first-order chi connectivity index (χ1) is 12.9. The summed E-state index contributed by atoms with van der Waals surface area (Å²) < 4.78 is 0. The lowest BCUT2D eigenvalue weighted by Gasteiger charge is -2.00. The van der Waals surface area contributed by atoms with E-state index in [0.717, 1.165) is 41.7 Å². The quantitative estimate of drug-likeness (QED) is 0.205. The molecule has 0 radical (unpaired) electrons. The number of alkyl halides is 3. The smallest absolute Gasteiger partial charge is 0.221 e. The van der Waals surface area contributed by atoms with E-state index in [0.29, 0.717) is 38.5 Å². The van der Waals surface area contributed by atoms with Gasteiger partial charge < -0.3 is 10.2 Å². The lowest BCUT2D eigenvalue weighted by Crippen LogP contribution is -2.02. The van der Waals surface area contributed by atoms with Crippen molar-refractivity contribution in [2.45, 2.75) is 64.2 Å². The van der Waals surface area contributed by atoms with E-state index in [1.165, 1.54) is 0 Å². The molecule has 5 nitrogen and oxygen atoms in total. The molecule has 0 saturated heterocycles. The molecule has 0 aliphatic rings. The van der Waals surface area contributed by atoms with Crippen LogP contribution in [-0.4, -0.2) is 56.2 Å². The van der Waals surface area contributed by atoms with Crippen LogP contribution in [0.2, 0.25) is 0 Å². The molecule has 0 aromatic rings. The van der Waals surface area contributed by atoms with Gasteiger partial charge in [0.1, 0.15) is 11.6 Å². The van der Waals surface area contributed by atoms with Gasteiger partial charge in [0, 0.05) is 61.3 Å². The van der Waals surface area contributed by atoms with Gasteiger partial charge in [0.15, 0.2) is 0 Å². The number of ketones is 2. The van der Waals surface area contributed by atoms with Gasteiger partial charge in [0.2, 0.25) is 5.24 Å². The van der Waals surface area contributed by atoms with Crippen molar-refractivity contribution in [2.75, 3.05) is 29.2 Å². The van der Waals surface area contributed by atoms with Crippen molar-refractivity contribution in [2.24, 2.45) is 0 Å². The van der Waals surface area contributed by atoms with Gasteiger partial charge in [-0.25, -0.2) is 0 Å². The van der Waals surface area contributed by atoms with Gasteiger partial charge in [0.25, 0.3) is 0 Å². The first-order valence-corrected chi connectivity index (χ1v) is 12.7. The highest BCUT2D eigenvalue weighted by molar-refractivity contribution is 9.09. The molecule has 0 amide bonds. The minimum absolute atomic E-state index is 0.0938. The zero-order valence-electron chi connectivity index (χ0n) is 15.7. The van der Waals surface area contributed by atoms with Crippen LogP contribution in [0.25, 0.3) is 0 Å². The molecule has 0 rings (SSSR count). The molecular weight excluding hydrogens is 571 g/mol. The normalized spacial score (nSPS) is 9.56. The fourth-order valence-corrected chi connectivity index (χ4v) is 2.51. The average molecular weight is 604 g/mol. The zero-order chi connectivity index (χ0) is 21.3. The van der Waals surface area contributed by atoms with E-state index in [-0.39, 0.29) is 30.0 Å². The summed E-state index contributed by atoms with van der Waals surface area (Å²) in [6.07, 6.45) is 6.74. The van der Waals surface area contributed by atoms with Crippen LogP contribution in [0.5, 0.6) is 0 Å². The van der Waals surface area contributed by atoms with E-state index < -0.39 is 0 Å². The summed E-state index contributed by atoms with van der Waals surface area (Å²) in [6, 6.07) is 0. The van der Waals surface area contributed by atoms with Crippen LogP contribution in [0.1, 0.15) is 64.2 Å². The topological polar surface area (TPSA) is 91.7 Å². The van der Waals surface area contributed by atoms with E-state index in [2.05, 4.69) is 47.8 Å². The van der Waals surface area contributed by atoms with Crippen LogP contribution < -0.4 is 0 Å². The fraction of sp³-hybridized carbons (Fsp3) is 0.833. The van der Waals surface area contributed by atoms with Gasteiger partial charge in [-0.2, -0.15) is 0 Å². The second-order valence-electron chi connectivity index (χ2n) is 5.46. The van der Waals surface area contributed by atoms with Crippen molar-refractivity contribution < 1.29 is 24.6 Å². The highest BCUT2D eigenvalue weighted by atomic mass is 79.9. The largest absolute Gasteiger partial charge is 0.396 e. The van der Waals surface area contributed by atoms with Crippen molar-refractivity contribution in [3.8, 4) is 0 Å². The van der Waals surface area contributed by atoms with Crippen molar-refractivity contribution in [1.29, 1.82) is 0 Å². The molecule has 0 heterocycles. The summed E-state index contributed by atoms with van der Waals surface area (Å²) >= 11 is 14.7. The Morgan fingerprint density at radius 3 is 1.15 bits per heavy atom. The van der Waals surface area contributed by atoms with E-state index in [4.69, 9.17) is 21.8 Å². The number of aliphatic hydroxyl groups excluding tert-OH is 2. The summed E-state index contributed by atoms with van der Waals surface area (Å²) in [5.41, 5.74) is 0. The molecular formula is C18H32Br3ClO5. The SMILES string of the molecule is O=C(CCCBr)CCCC(=O)CCCBr.O=C(Cl)CCCBr.OCCCO. The van der Waals surface area contributed by atoms with Gasteiger partial charge in [-0.1, -0.05) is 47.8 Å². The molecule has 0 bridgehead atoms. The number of carbonyl (C=O) groups excluding carboxylic acids is 3. The fourth-order valence-electron chi connectivity index (χ4n) is 1.54. The van der Waals surface area contributed by atoms with Crippen LogP contribution in [-0.2, 0) is 14.4 Å². The molecule has 0 fully saturated rings. The zero-order valence-corrected chi connectivity index (χ0v) is 21.3. The Morgan fingerprint density at radius 2 is 0.926 bits per heavy atom. The third kappa shape index (κ3) is 38.0. The molecule has 27 heavy (non-hydrogen) atoms. The molecule has 0 spiro atoms. The van der Waals surface area contributed by atoms with Crippen molar-refractivity contribution in [3.05, 3.63) is 0 Å². The van der Waals surface area contributed by atoms with E-state index in [1.807, 2.05) is 0 Å². The lowest BCUT2D eigenvalue weighted by molar-refractivity contribution is -0.120. The van der Waals surface area contributed by atoms with Crippen molar-refractivity contribution >= 4 is 76.2 Å². The third-order valence-electron chi connectivity index (χ3n) is 2.91. The van der Waals surface area contributed by atoms with E-state index in [1.54, 1.807) is 0 Å². The Bertz CT molecular complexity index is 336. The Hall–Kier alpha value is 0.660. The van der Waals surface area contributed by atoms with Gasteiger partial charge >= 0.3 is 0 Å². The van der Waals surface area contributed by atoms with Crippen LogP contribution in [0.4, 0.5) is 0 Å². The first-order valence-electron chi connectivity index (χ1n) is 9.00. The number of halogens is 4. The molecule has 2 N–H and O–H groups in total. The minimum Gasteiger partial charge on any atom is -0.396 e. The highest BCUT2D eigenvalue weighted by Gasteiger charge is 2.05. The second kappa shape index (κ2) is 28.9. The van der Waals surface area contributed by atoms with Crippen molar-refractivity contribution in [1.82, 2.24) is 0 Å². The molecule has 0 saturated carbocycles. The molecule has 0 unspecified atom stereocenters. The molecule has 0 aliphatic heterocycles. The standard InChI is InChI=1S/C11H18Br2O2.C4H6BrClO.C3H8O2/c12-8-2-6-10(14)4-1-5-11(15)7-3-9-13;5-3-1-2-4(6)7;4-2-1-3-5/h1-9H2;1-3H2;4-5H,1-3H2. The predicted octanol–water partition coefficient (Wildman–Crippen LogP) is 4.93. The number of aliphatic hydroxyl groups is 2. The monoisotopic (exact) mass is 600 g/mol. The Labute approximate surface area is 193 Å². The van der Waals surface area contributed by atoms with Gasteiger partial charge in [0.05, 0.1) is 0 Å². The maximum atomic E-state index is 11.3. The summed E-state index contributed by atoms with van der Waals surface area (Å²) in [5, 5.41) is 18.2. The average Bonchev–Trinajstić information content (AvgIpc) is 2.64. The Balaban J connectivity index is -0.000000396. The second-order valence-corrected chi connectivity index (χ2v) is 8.26. The summed E-state index contributed by atoms with van der Waals surface area (Å²) in [7, 11) is 0. The summed E-state index contributed by atoms with van der Waals surface area (Å²) in [6.45, 7) is 0.188. The Morgan fingerprint density at radius 1 is 0.593 bits per heavy atom. The number of Topliss-reactive ketones (excluding diaryl/α,β-unsaturated/α-hetero) is 2. The lowest BCUT2D eigenvalue weighted by atomic mass is 10.1. The summed E-state index contributed by atoms with van der Waals surface area (Å²) in [5.74, 6) is 0.561. The first kappa shape index (κ1) is 32.3. The number of rotatable bonds is 15. The third-order valence-corrected chi connectivity index (χ3v) is 4.78. The van der Waals surface area contributed by atoms with Crippen LogP contribution in [0, 0.1) is 0 Å². The molecule has 0 aromatic heterocycles. The summed E-state index contributed by atoms with van der Waals surface area (Å²) in [4.78, 5) is 32.5. The van der Waals surface area contributed by atoms with Gasteiger partial charge in [-0.3, -0.25) is 14.4 Å². The Kier molecular flexibility index (Phi) is 34.6. The van der Waals surface area contributed by atoms with Crippen LogP contribution >= 0.6 is 59.4 Å². The van der Waals surface area contributed by atoms with Crippen LogP contribution in [0.3, 0.4) is 0 Å². The minimum atomic E-state index is -0.251. The predicted molar refractivity (Wildman–Crippen MR) is 123 cm³/mol. The molecule has 0 aromatic carbocycles.